The van der Waals surface area contributed by atoms with Crippen molar-refractivity contribution in [2.24, 2.45) is 5.92 Å². The predicted molar refractivity (Wildman–Crippen MR) is 82.1 cm³/mol. The Morgan fingerprint density at radius 1 is 1.00 bits per heavy atom. The van der Waals surface area contributed by atoms with Gasteiger partial charge in [-0.15, -0.1) is 0 Å². The smallest absolute Gasteiger partial charge is 0.195 e. The molecule has 1 atom stereocenters. The van der Waals surface area contributed by atoms with Gasteiger partial charge in [-0.2, -0.15) is 0 Å². The quantitative estimate of drug-likeness (QED) is 0.625. The Labute approximate surface area is 137 Å². The molecule has 1 heterocycles. The van der Waals surface area contributed by atoms with E-state index in [-0.39, 0.29) is 42.1 Å². The van der Waals surface area contributed by atoms with Crippen LogP contribution in [0.3, 0.4) is 0 Å². The second-order valence-corrected chi connectivity index (χ2v) is 5.76. The van der Waals surface area contributed by atoms with Gasteiger partial charge in [0.1, 0.15) is 5.82 Å². The van der Waals surface area contributed by atoms with Crippen LogP contribution in [0, 0.1) is 29.2 Å². The summed E-state index contributed by atoms with van der Waals surface area (Å²) in [5.74, 6) is -4.77. The van der Waals surface area contributed by atoms with Crippen molar-refractivity contribution in [2.75, 3.05) is 6.61 Å². The zero-order valence-electron chi connectivity index (χ0n) is 13.3. The van der Waals surface area contributed by atoms with E-state index < -0.39 is 23.3 Å². The Hall–Kier alpha value is -1.99. The van der Waals surface area contributed by atoms with E-state index in [1.165, 1.54) is 6.07 Å². The molecule has 0 saturated heterocycles. The van der Waals surface area contributed by atoms with Gasteiger partial charge in [-0.1, -0.05) is 13.8 Å². The van der Waals surface area contributed by atoms with Crippen molar-refractivity contribution in [1.29, 1.82) is 0 Å². The Morgan fingerprint density at radius 3 is 2.29 bits per heavy atom. The number of hydrogen-bond acceptors (Lipinski definition) is 3. The summed E-state index contributed by atoms with van der Waals surface area (Å²) in [7, 11) is 0. The highest BCUT2D eigenvalue weighted by Gasteiger charge is 2.18. The lowest BCUT2D eigenvalue weighted by atomic mass is 10.1. The number of rotatable bonds is 6. The first-order valence-electron chi connectivity index (χ1n) is 7.48. The summed E-state index contributed by atoms with van der Waals surface area (Å²) in [6, 6.07) is 3.87. The standard InChI is InChI=1S/C17H18F4N2O/c1-9(2)15(8-24)22-7-14-11(18)5-6-13(23-14)10-3-4-12(19)17(21)16(10)20/h3-6,9,15,22,24H,7-8H2,1-2H3/t15-/m0/s1. The molecule has 1 aromatic heterocycles. The van der Waals surface area contributed by atoms with Crippen molar-refractivity contribution in [3.63, 3.8) is 0 Å². The lowest BCUT2D eigenvalue weighted by molar-refractivity contribution is 0.209. The van der Waals surface area contributed by atoms with Gasteiger partial charge < -0.3 is 10.4 Å². The van der Waals surface area contributed by atoms with Gasteiger partial charge in [0, 0.05) is 18.2 Å². The molecule has 24 heavy (non-hydrogen) atoms. The molecule has 0 fully saturated rings. The van der Waals surface area contributed by atoms with Crippen molar-refractivity contribution in [3.8, 4) is 11.3 Å². The maximum absolute atomic E-state index is 13.9. The minimum absolute atomic E-state index is 0.00395. The number of pyridine rings is 1. The second-order valence-electron chi connectivity index (χ2n) is 5.76. The Kier molecular flexibility index (Phi) is 5.90. The molecule has 7 heteroatoms. The lowest BCUT2D eigenvalue weighted by Crippen LogP contribution is -2.37. The highest BCUT2D eigenvalue weighted by molar-refractivity contribution is 5.60. The molecule has 2 rings (SSSR count). The second kappa shape index (κ2) is 7.72. The molecular weight excluding hydrogens is 324 g/mol. The van der Waals surface area contributed by atoms with Crippen molar-refractivity contribution < 1.29 is 22.7 Å². The van der Waals surface area contributed by atoms with Crippen LogP contribution in [0.1, 0.15) is 19.5 Å². The predicted octanol–water partition coefficient (Wildman–Crippen LogP) is 3.41. The molecule has 2 aromatic rings. The highest BCUT2D eigenvalue weighted by atomic mass is 19.2. The van der Waals surface area contributed by atoms with Crippen LogP contribution in [0.5, 0.6) is 0 Å². The first kappa shape index (κ1) is 18.4. The summed E-state index contributed by atoms with van der Waals surface area (Å²) >= 11 is 0. The maximum atomic E-state index is 13.9. The number of benzene rings is 1. The number of aliphatic hydroxyl groups excluding tert-OH is 1. The average molecular weight is 342 g/mol. The molecule has 0 radical (unpaired) electrons. The van der Waals surface area contributed by atoms with Crippen molar-refractivity contribution in [1.82, 2.24) is 10.3 Å². The third-order valence-corrected chi connectivity index (χ3v) is 3.76. The molecule has 0 aliphatic rings. The minimum atomic E-state index is -1.60. The first-order chi connectivity index (χ1) is 11.3. The first-order valence-corrected chi connectivity index (χ1v) is 7.48. The fourth-order valence-corrected chi connectivity index (χ4v) is 2.22. The summed E-state index contributed by atoms with van der Waals surface area (Å²) in [5, 5.41) is 12.2. The summed E-state index contributed by atoms with van der Waals surface area (Å²) < 4.78 is 54.1. The zero-order valence-corrected chi connectivity index (χ0v) is 13.3. The number of aromatic nitrogens is 1. The fraction of sp³-hybridized carbons (Fsp3) is 0.353. The molecule has 0 aliphatic carbocycles. The van der Waals surface area contributed by atoms with E-state index in [9.17, 15) is 22.7 Å². The van der Waals surface area contributed by atoms with Crippen LogP contribution >= 0.6 is 0 Å². The van der Waals surface area contributed by atoms with E-state index in [1.807, 2.05) is 13.8 Å². The number of aliphatic hydroxyl groups is 1. The van der Waals surface area contributed by atoms with Crippen molar-refractivity contribution in [2.45, 2.75) is 26.4 Å². The molecule has 0 amide bonds. The Morgan fingerprint density at radius 2 is 1.67 bits per heavy atom. The average Bonchev–Trinajstić information content (AvgIpc) is 2.55. The van der Waals surface area contributed by atoms with Crippen LogP contribution in [-0.4, -0.2) is 22.7 Å². The van der Waals surface area contributed by atoms with Crippen molar-refractivity contribution in [3.05, 3.63) is 53.2 Å². The molecule has 0 aliphatic heterocycles. The topological polar surface area (TPSA) is 45.1 Å². The normalized spacial score (nSPS) is 12.7. The zero-order chi connectivity index (χ0) is 17.9. The van der Waals surface area contributed by atoms with Gasteiger partial charge >= 0.3 is 0 Å². The fourth-order valence-electron chi connectivity index (χ4n) is 2.22. The van der Waals surface area contributed by atoms with Gasteiger partial charge in [0.25, 0.3) is 0 Å². The number of hydrogen-bond donors (Lipinski definition) is 2. The molecule has 2 N–H and O–H groups in total. The monoisotopic (exact) mass is 342 g/mol. The van der Waals surface area contributed by atoms with E-state index in [0.29, 0.717) is 0 Å². The number of halogens is 4. The van der Waals surface area contributed by atoms with E-state index in [4.69, 9.17) is 0 Å². The highest BCUT2D eigenvalue weighted by Crippen LogP contribution is 2.25. The van der Waals surface area contributed by atoms with Gasteiger partial charge in [-0.25, -0.2) is 22.5 Å². The van der Waals surface area contributed by atoms with Crippen LogP contribution in [0.15, 0.2) is 24.3 Å². The molecule has 0 bridgehead atoms. The van der Waals surface area contributed by atoms with Crippen LogP contribution in [0.25, 0.3) is 11.3 Å². The molecular formula is C17H18F4N2O. The van der Waals surface area contributed by atoms with Gasteiger partial charge in [0.05, 0.1) is 18.0 Å². The third kappa shape index (κ3) is 3.91. The number of nitrogens with zero attached hydrogens (tertiary/aromatic N) is 1. The summed E-state index contributed by atoms with van der Waals surface area (Å²) in [5.41, 5.74) is -0.261. The van der Waals surface area contributed by atoms with Crippen LogP contribution in [-0.2, 0) is 6.54 Å². The van der Waals surface area contributed by atoms with Gasteiger partial charge in [-0.05, 0) is 30.2 Å². The van der Waals surface area contributed by atoms with Crippen molar-refractivity contribution >= 4 is 0 Å². The van der Waals surface area contributed by atoms with Gasteiger partial charge in [0.15, 0.2) is 17.5 Å². The minimum Gasteiger partial charge on any atom is -0.395 e. The summed E-state index contributed by atoms with van der Waals surface area (Å²) in [4.78, 5) is 3.99. The van der Waals surface area contributed by atoms with Gasteiger partial charge in [-0.3, -0.25) is 0 Å². The number of nitrogens with one attached hydrogen (secondary N) is 1. The SMILES string of the molecule is CC(C)[C@H](CO)NCc1nc(-c2ccc(F)c(F)c2F)ccc1F. The molecule has 130 valence electrons. The van der Waals surface area contributed by atoms with E-state index >= 15 is 0 Å². The van der Waals surface area contributed by atoms with E-state index in [0.717, 1.165) is 18.2 Å². The summed E-state index contributed by atoms with van der Waals surface area (Å²) in [6.45, 7) is 3.67. The Bertz CT molecular complexity index is 722. The largest absolute Gasteiger partial charge is 0.395 e. The van der Waals surface area contributed by atoms with Crippen LogP contribution < -0.4 is 5.32 Å². The lowest BCUT2D eigenvalue weighted by Gasteiger charge is -2.20. The van der Waals surface area contributed by atoms with Crippen LogP contribution in [0.4, 0.5) is 17.6 Å². The van der Waals surface area contributed by atoms with Crippen LogP contribution in [0.2, 0.25) is 0 Å². The Balaban J connectivity index is 2.30. The molecule has 0 spiro atoms. The summed E-state index contributed by atoms with van der Waals surface area (Å²) in [6.07, 6.45) is 0. The van der Waals surface area contributed by atoms with E-state index in [2.05, 4.69) is 10.3 Å². The van der Waals surface area contributed by atoms with Gasteiger partial charge in [0.2, 0.25) is 0 Å². The molecule has 1 aromatic carbocycles. The maximum Gasteiger partial charge on any atom is 0.195 e. The molecule has 0 unspecified atom stereocenters. The molecule has 0 saturated carbocycles. The van der Waals surface area contributed by atoms with E-state index in [1.54, 1.807) is 0 Å². The molecule has 3 nitrogen and oxygen atoms in total. The third-order valence-electron chi connectivity index (χ3n) is 3.76.